The standard InChI is InChI=1S/C20H44N.3FH/c1-5-9-13-17-21(18-14-10-6-2,19-15-11-7-3)20-16-12-8-4;;;/h5-20H2,1-4H3;3*1H/q+1;;;/p-1. The average Bonchev–Trinajstić information content (AvgIpc) is 2.48. The van der Waals surface area contributed by atoms with Crippen LogP contribution in [0, 0.1) is 0 Å². The molecule has 0 amide bonds. The summed E-state index contributed by atoms with van der Waals surface area (Å²) in [6.45, 7) is 15.1. The smallest absolute Gasteiger partial charge is 0.0786 e. The lowest BCUT2D eigenvalue weighted by atomic mass is 10.1. The van der Waals surface area contributed by atoms with Gasteiger partial charge in [0.15, 0.2) is 0 Å². The summed E-state index contributed by atoms with van der Waals surface area (Å²) in [7, 11) is 0. The highest BCUT2D eigenvalue weighted by molar-refractivity contribution is 4.51. The van der Waals surface area contributed by atoms with Gasteiger partial charge >= 0.3 is 0 Å². The van der Waals surface area contributed by atoms with Crippen LogP contribution in [0.4, 0.5) is 9.41 Å². The molecule has 0 aromatic carbocycles. The monoisotopic (exact) mass is 357 g/mol. The summed E-state index contributed by atoms with van der Waals surface area (Å²) in [6.07, 6.45) is 16.9. The molecular weight excluding hydrogens is 311 g/mol. The molecule has 0 spiro atoms. The third-order valence-corrected chi connectivity index (χ3v) is 4.94. The summed E-state index contributed by atoms with van der Waals surface area (Å²) >= 11 is 0. The quantitative estimate of drug-likeness (QED) is 0.291. The molecule has 24 heavy (non-hydrogen) atoms. The Morgan fingerprint density at radius 1 is 0.417 bits per heavy atom. The van der Waals surface area contributed by atoms with Crippen LogP contribution < -0.4 is 4.70 Å². The van der Waals surface area contributed by atoms with E-state index >= 15 is 0 Å². The summed E-state index contributed by atoms with van der Waals surface area (Å²) in [5.74, 6) is 0. The minimum Gasteiger partial charge on any atom is -1.00 e. The van der Waals surface area contributed by atoms with Crippen LogP contribution in [0.1, 0.15) is 105 Å². The number of hydrogen-bond acceptors (Lipinski definition) is 0. The summed E-state index contributed by atoms with van der Waals surface area (Å²) in [4.78, 5) is 0. The Morgan fingerprint density at radius 3 is 0.792 bits per heavy atom. The van der Waals surface area contributed by atoms with Crippen molar-refractivity contribution in [3.05, 3.63) is 0 Å². The maximum Gasteiger partial charge on any atom is 0.0786 e. The fourth-order valence-electron chi connectivity index (χ4n) is 3.46. The number of unbranched alkanes of at least 4 members (excludes halogenated alkanes) is 8. The zero-order chi connectivity index (χ0) is 15.8. The molecule has 0 aliphatic rings. The highest BCUT2D eigenvalue weighted by Crippen LogP contribution is 2.18. The molecule has 0 unspecified atom stereocenters. The van der Waals surface area contributed by atoms with E-state index in [-0.39, 0.29) is 14.1 Å². The molecule has 0 saturated carbocycles. The molecule has 0 aromatic heterocycles. The van der Waals surface area contributed by atoms with Gasteiger partial charge in [0.05, 0.1) is 26.2 Å². The van der Waals surface area contributed by atoms with E-state index in [0.29, 0.717) is 0 Å². The number of hydrogen-bond donors (Lipinski definition) is 0. The van der Waals surface area contributed by atoms with Crippen LogP contribution in [0.3, 0.4) is 0 Å². The number of quaternary nitrogens is 1. The van der Waals surface area contributed by atoms with E-state index in [1.165, 1.54) is 108 Å². The summed E-state index contributed by atoms with van der Waals surface area (Å²) in [5, 5.41) is 0. The lowest BCUT2D eigenvalue weighted by Gasteiger charge is -2.39. The Kier molecular flexibility index (Phi) is 29.9. The number of rotatable bonds is 16. The first-order valence-corrected chi connectivity index (χ1v) is 10.1. The zero-order valence-electron chi connectivity index (χ0n) is 17.0. The van der Waals surface area contributed by atoms with Gasteiger partial charge in [-0.05, 0) is 51.4 Å². The molecule has 0 fully saturated rings. The van der Waals surface area contributed by atoms with Crippen LogP contribution >= 0.6 is 0 Å². The predicted molar refractivity (Wildman–Crippen MR) is 103 cm³/mol. The molecule has 0 radical (unpaired) electrons. The Bertz CT molecular complexity index is 168. The van der Waals surface area contributed by atoms with Gasteiger partial charge in [0.1, 0.15) is 0 Å². The second kappa shape index (κ2) is 22.8. The second-order valence-corrected chi connectivity index (χ2v) is 7.06. The zero-order valence-corrected chi connectivity index (χ0v) is 17.0. The van der Waals surface area contributed by atoms with Gasteiger partial charge in [-0.1, -0.05) is 53.4 Å². The first kappa shape index (κ1) is 31.5. The Morgan fingerprint density at radius 2 is 0.625 bits per heavy atom. The van der Waals surface area contributed by atoms with E-state index in [1.54, 1.807) is 0 Å². The van der Waals surface area contributed by atoms with Crippen LogP contribution in [0.5, 0.6) is 0 Å². The van der Waals surface area contributed by atoms with Crippen molar-refractivity contribution in [2.45, 2.75) is 105 Å². The Balaban J connectivity index is -0.000000667. The van der Waals surface area contributed by atoms with E-state index in [0.717, 1.165) is 0 Å². The molecule has 0 aliphatic carbocycles. The third kappa shape index (κ3) is 16.6. The lowest BCUT2D eigenvalue weighted by Crippen LogP contribution is -3.00. The second-order valence-electron chi connectivity index (χ2n) is 7.06. The fraction of sp³-hybridized carbons (Fsp3) is 1.00. The van der Waals surface area contributed by atoms with Gasteiger partial charge < -0.3 is 9.19 Å². The highest BCUT2D eigenvalue weighted by Gasteiger charge is 2.25. The largest absolute Gasteiger partial charge is 1.00 e. The van der Waals surface area contributed by atoms with E-state index in [1.807, 2.05) is 0 Å². The fourth-order valence-corrected chi connectivity index (χ4v) is 3.46. The molecular formula is C20H46F3N. The first-order valence-electron chi connectivity index (χ1n) is 10.1. The molecule has 152 valence electrons. The van der Waals surface area contributed by atoms with Gasteiger partial charge in [0.25, 0.3) is 0 Å². The minimum atomic E-state index is 0. The van der Waals surface area contributed by atoms with Crippen molar-refractivity contribution < 1.29 is 18.6 Å². The molecule has 0 bridgehead atoms. The molecule has 0 atom stereocenters. The van der Waals surface area contributed by atoms with E-state index in [2.05, 4.69) is 27.7 Å². The van der Waals surface area contributed by atoms with E-state index in [4.69, 9.17) is 0 Å². The first-order chi connectivity index (χ1) is 10.2. The summed E-state index contributed by atoms with van der Waals surface area (Å²) in [6, 6.07) is 0. The summed E-state index contributed by atoms with van der Waals surface area (Å²) in [5.41, 5.74) is 0. The maximum absolute atomic E-state index is 2.33. The number of nitrogens with zero attached hydrogens (tertiary/aromatic N) is 1. The van der Waals surface area contributed by atoms with Crippen molar-refractivity contribution in [2.75, 3.05) is 26.2 Å². The van der Waals surface area contributed by atoms with Crippen molar-refractivity contribution in [1.82, 2.24) is 0 Å². The van der Waals surface area contributed by atoms with Crippen LogP contribution in [-0.4, -0.2) is 30.7 Å². The van der Waals surface area contributed by atoms with Crippen LogP contribution in [0.25, 0.3) is 0 Å². The van der Waals surface area contributed by atoms with Gasteiger partial charge in [0.2, 0.25) is 0 Å². The molecule has 0 N–H and O–H groups in total. The van der Waals surface area contributed by atoms with Crippen LogP contribution in [-0.2, 0) is 0 Å². The van der Waals surface area contributed by atoms with E-state index < -0.39 is 0 Å². The molecule has 0 rings (SSSR count). The average molecular weight is 358 g/mol. The third-order valence-electron chi connectivity index (χ3n) is 4.94. The lowest BCUT2D eigenvalue weighted by molar-refractivity contribution is -0.929. The van der Waals surface area contributed by atoms with Crippen molar-refractivity contribution in [2.24, 2.45) is 0 Å². The Labute approximate surface area is 150 Å². The SMILES string of the molecule is CCCCC[N+](CCCCC)(CCCCC)CCCCC.F.F.[F-]. The van der Waals surface area contributed by atoms with Gasteiger partial charge in [-0.3, -0.25) is 9.41 Å². The molecule has 1 nitrogen and oxygen atoms in total. The molecule has 0 heterocycles. The van der Waals surface area contributed by atoms with Crippen molar-refractivity contribution in [3.63, 3.8) is 0 Å². The van der Waals surface area contributed by atoms with Crippen molar-refractivity contribution >= 4 is 0 Å². The van der Waals surface area contributed by atoms with Gasteiger partial charge in [-0.25, -0.2) is 0 Å². The molecule has 0 aliphatic heterocycles. The molecule has 0 aromatic rings. The van der Waals surface area contributed by atoms with Gasteiger partial charge in [-0.2, -0.15) is 0 Å². The molecule has 4 heteroatoms. The normalized spacial score (nSPS) is 10.5. The minimum absolute atomic E-state index is 0. The number of halogens is 3. The maximum atomic E-state index is 2.33. The predicted octanol–water partition coefficient (Wildman–Crippen LogP) is 3.87. The summed E-state index contributed by atoms with van der Waals surface area (Å²) < 4.78 is 1.44. The highest BCUT2D eigenvalue weighted by atomic mass is 19.0. The van der Waals surface area contributed by atoms with E-state index in [9.17, 15) is 0 Å². The van der Waals surface area contributed by atoms with Crippen LogP contribution in [0.2, 0.25) is 0 Å². The van der Waals surface area contributed by atoms with Crippen molar-refractivity contribution in [3.8, 4) is 0 Å². The Hall–Kier alpha value is -0.250. The molecule has 0 saturated heterocycles. The van der Waals surface area contributed by atoms with Crippen molar-refractivity contribution in [1.29, 1.82) is 0 Å². The van der Waals surface area contributed by atoms with Gasteiger partial charge in [0, 0.05) is 0 Å². The van der Waals surface area contributed by atoms with Crippen LogP contribution in [0.15, 0.2) is 0 Å². The van der Waals surface area contributed by atoms with Gasteiger partial charge in [-0.15, -0.1) is 0 Å². The topological polar surface area (TPSA) is 0 Å².